The maximum atomic E-state index is 12.0. The van der Waals surface area contributed by atoms with Crippen LogP contribution in [0.4, 0.5) is 4.79 Å². The molecule has 0 aromatic carbocycles. The lowest BCUT2D eigenvalue weighted by Gasteiger charge is -2.20. The number of hydrogen-bond donors (Lipinski definition) is 1. The zero-order valence-electron chi connectivity index (χ0n) is 12.7. The molecular formula is C14H21NO5S. The van der Waals surface area contributed by atoms with Gasteiger partial charge in [0, 0.05) is 17.6 Å². The van der Waals surface area contributed by atoms with E-state index in [9.17, 15) is 19.2 Å². The van der Waals surface area contributed by atoms with Crippen LogP contribution in [0.3, 0.4) is 0 Å². The molecule has 21 heavy (non-hydrogen) atoms. The van der Waals surface area contributed by atoms with Gasteiger partial charge in [-0.3, -0.25) is 19.7 Å². The summed E-state index contributed by atoms with van der Waals surface area (Å²) < 4.78 is 4.14. The standard InChI is InChI=1S/C14H21NO5S/c1-14(2,3)21-10(17)7-8-5-6-9(16)11(8)12(18)15-13(19)20-4/h8,11H,5-7H2,1-4H3,(H,15,18,19)/t8-,11+/m1/s1. The summed E-state index contributed by atoms with van der Waals surface area (Å²) in [6, 6.07) is 0. The van der Waals surface area contributed by atoms with Crippen molar-refractivity contribution in [2.45, 2.75) is 44.8 Å². The van der Waals surface area contributed by atoms with Gasteiger partial charge in [0.15, 0.2) is 5.12 Å². The number of thioether (sulfide) groups is 1. The monoisotopic (exact) mass is 315 g/mol. The lowest BCUT2D eigenvalue weighted by atomic mass is 9.92. The number of imide groups is 1. The summed E-state index contributed by atoms with van der Waals surface area (Å²) >= 11 is 1.20. The summed E-state index contributed by atoms with van der Waals surface area (Å²) in [6.45, 7) is 5.78. The Morgan fingerprint density at radius 3 is 2.48 bits per heavy atom. The molecule has 1 N–H and O–H groups in total. The van der Waals surface area contributed by atoms with Gasteiger partial charge in [-0.15, -0.1) is 0 Å². The Hall–Kier alpha value is -1.37. The summed E-state index contributed by atoms with van der Waals surface area (Å²) in [6.07, 6.45) is 0.0209. The van der Waals surface area contributed by atoms with Crippen LogP contribution in [-0.4, -0.2) is 34.8 Å². The smallest absolute Gasteiger partial charge is 0.413 e. The number of methoxy groups -OCH3 is 1. The fourth-order valence-corrected chi connectivity index (χ4v) is 3.30. The van der Waals surface area contributed by atoms with Gasteiger partial charge in [-0.25, -0.2) is 4.79 Å². The van der Waals surface area contributed by atoms with Crippen LogP contribution in [0.2, 0.25) is 0 Å². The first-order valence-corrected chi connectivity index (χ1v) is 7.59. The van der Waals surface area contributed by atoms with Crippen LogP contribution in [-0.2, 0) is 19.1 Å². The number of rotatable bonds is 3. The molecule has 0 spiro atoms. The first kappa shape index (κ1) is 17.7. The van der Waals surface area contributed by atoms with Crippen LogP contribution in [0, 0.1) is 11.8 Å². The zero-order valence-corrected chi connectivity index (χ0v) is 13.5. The second-order valence-corrected chi connectivity index (χ2v) is 7.90. The zero-order chi connectivity index (χ0) is 16.2. The highest BCUT2D eigenvalue weighted by atomic mass is 32.2. The topological polar surface area (TPSA) is 89.5 Å². The first-order valence-electron chi connectivity index (χ1n) is 6.77. The molecular weight excluding hydrogens is 294 g/mol. The van der Waals surface area contributed by atoms with Crippen LogP contribution >= 0.6 is 11.8 Å². The van der Waals surface area contributed by atoms with Crippen molar-refractivity contribution in [3.05, 3.63) is 0 Å². The van der Waals surface area contributed by atoms with E-state index in [0.717, 1.165) is 7.11 Å². The summed E-state index contributed by atoms with van der Waals surface area (Å²) in [5.41, 5.74) is 0. The SMILES string of the molecule is COC(=O)NC(=O)[C@@H]1C(=O)CC[C@@H]1CC(=O)SC(C)(C)C. The van der Waals surface area contributed by atoms with Crippen LogP contribution < -0.4 is 5.32 Å². The van der Waals surface area contributed by atoms with Gasteiger partial charge in [0.1, 0.15) is 11.7 Å². The Balaban J connectivity index is 2.69. The average molecular weight is 315 g/mol. The average Bonchev–Trinajstić information content (AvgIpc) is 2.67. The van der Waals surface area contributed by atoms with Crippen LogP contribution in [0.5, 0.6) is 0 Å². The van der Waals surface area contributed by atoms with Gasteiger partial charge in [0.05, 0.1) is 7.11 Å². The highest BCUT2D eigenvalue weighted by molar-refractivity contribution is 8.14. The minimum absolute atomic E-state index is 0.0435. The third kappa shape index (κ3) is 5.49. The molecule has 0 aliphatic heterocycles. The third-order valence-corrected chi connectivity index (χ3v) is 4.13. The molecule has 0 aromatic rings. The van der Waals surface area contributed by atoms with E-state index in [-0.39, 0.29) is 34.4 Å². The van der Waals surface area contributed by atoms with E-state index >= 15 is 0 Å². The number of ketones is 1. The Bertz CT molecular complexity index is 455. The number of hydrogen-bond acceptors (Lipinski definition) is 6. The molecule has 1 aliphatic rings. The molecule has 1 aliphatic carbocycles. The van der Waals surface area contributed by atoms with E-state index in [1.165, 1.54) is 11.8 Å². The lowest BCUT2D eigenvalue weighted by Crippen LogP contribution is -2.40. The van der Waals surface area contributed by atoms with E-state index in [2.05, 4.69) is 4.74 Å². The minimum Gasteiger partial charge on any atom is -0.453 e. The van der Waals surface area contributed by atoms with Crippen molar-refractivity contribution in [3.8, 4) is 0 Å². The highest BCUT2D eigenvalue weighted by Crippen LogP contribution is 2.35. The fourth-order valence-electron chi connectivity index (χ4n) is 2.32. The second-order valence-electron chi connectivity index (χ2n) is 6.01. The van der Waals surface area contributed by atoms with Gasteiger partial charge in [0.2, 0.25) is 5.91 Å². The summed E-state index contributed by atoms with van der Waals surface area (Å²) in [5.74, 6) is -2.18. The van der Waals surface area contributed by atoms with Crippen molar-refractivity contribution in [2.75, 3.05) is 7.11 Å². The minimum atomic E-state index is -0.936. The predicted octanol–water partition coefficient (Wildman–Crippen LogP) is 1.91. The van der Waals surface area contributed by atoms with Crippen molar-refractivity contribution in [3.63, 3.8) is 0 Å². The van der Waals surface area contributed by atoms with Crippen LogP contribution in [0.25, 0.3) is 0 Å². The molecule has 6 nitrogen and oxygen atoms in total. The van der Waals surface area contributed by atoms with Crippen molar-refractivity contribution in [2.24, 2.45) is 11.8 Å². The van der Waals surface area contributed by atoms with E-state index in [0.29, 0.717) is 6.42 Å². The molecule has 1 rings (SSSR count). The molecule has 1 fully saturated rings. The molecule has 7 heteroatoms. The van der Waals surface area contributed by atoms with Crippen molar-refractivity contribution in [1.82, 2.24) is 5.32 Å². The Morgan fingerprint density at radius 1 is 1.33 bits per heavy atom. The van der Waals surface area contributed by atoms with Gasteiger partial charge >= 0.3 is 6.09 Å². The Labute approximate surface area is 128 Å². The molecule has 0 radical (unpaired) electrons. The number of carbonyl (C=O) groups is 4. The van der Waals surface area contributed by atoms with Gasteiger partial charge in [-0.2, -0.15) is 0 Å². The number of ether oxygens (including phenoxy) is 1. The number of nitrogens with one attached hydrogen (secondary N) is 1. The number of alkyl carbamates (subject to hydrolysis) is 1. The van der Waals surface area contributed by atoms with Gasteiger partial charge < -0.3 is 4.74 Å². The maximum absolute atomic E-state index is 12.0. The van der Waals surface area contributed by atoms with Gasteiger partial charge in [-0.05, 0) is 12.3 Å². The molecule has 118 valence electrons. The van der Waals surface area contributed by atoms with E-state index < -0.39 is 17.9 Å². The van der Waals surface area contributed by atoms with Gasteiger partial charge in [0.25, 0.3) is 0 Å². The summed E-state index contributed by atoms with van der Waals surface area (Å²) in [7, 11) is 1.14. The van der Waals surface area contributed by atoms with Crippen molar-refractivity contribution in [1.29, 1.82) is 0 Å². The van der Waals surface area contributed by atoms with Crippen LogP contribution in [0.15, 0.2) is 0 Å². The molecule has 0 unspecified atom stereocenters. The number of amides is 2. The summed E-state index contributed by atoms with van der Waals surface area (Å²) in [5, 5.41) is 1.97. The Kier molecular flexibility index (Phi) is 5.95. The van der Waals surface area contributed by atoms with E-state index in [4.69, 9.17) is 0 Å². The third-order valence-electron chi connectivity index (χ3n) is 3.12. The molecule has 0 heterocycles. The predicted molar refractivity (Wildman–Crippen MR) is 78.7 cm³/mol. The van der Waals surface area contributed by atoms with Gasteiger partial charge in [-0.1, -0.05) is 32.5 Å². The molecule has 1 saturated carbocycles. The molecule has 2 amide bonds. The second kappa shape index (κ2) is 7.06. The fraction of sp³-hybridized carbons (Fsp3) is 0.714. The normalized spacial score (nSPS) is 22.0. The first-order chi connectivity index (χ1) is 9.64. The maximum Gasteiger partial charge on any atom is 0.413 e. The summed E-state index contributed by atoms with van der Waals surface area (Å²) in [4.78, 5) is 46.8. The number of Topliss-reactive ketones (excluding diaryl/α,β-unsaturated/α-hetero) is 1. The largest absolute Gasteiger partial charge is 0.453 e. The number of carbonyl (C=O) groups excluding carboxylic acids is 4. The van der Waals surface area contributed by atoms with E-state index in [1.54, 1.807) is 0 Å². The quantitative estimate of drug-likeness (QED) is 0.800. The van der Waals surface area contributed by atoms with E-state index in [1.807, 2.05) is 26.1 Å². The molecule has 0 aromatic heterocycles. The highest BCUT2D eigenvalue weighted by Gasteiger charge is 2.41. The molecule has 0 bridgehead atoms. The molecule has 2 atom stereocenters. The van der Waals surface area contributed by atoms with Crippen molar-refractivity contribution < 1.29 is 23.9 Å². The lowest BCUT2D eigenvalue weighted by molar-refractivity contribution is -0.133. The van der Waals surface area contributed by atoms with Crippen LogP contribution in [0.1, 0.15) is 40.0 Å². The molecule has 0 saturated heterocycles. The Morgan fingerprint density at radius 2 is 1.95 bits per heavy atom. The van der Waals surface area contributed by atoms with Crippen molar-refractivity contribution >= 4 is 34.7 Å².